The number of piperidine rings is 1. The molecule has 0 bridgehead atoms. The fourth-order valence-corrected chi connectivity index (χ4v) is 6.35. The summed E-state index contributed by atoms with van der Waals surface area (Å²) in [5.41, 5.74) is 4.00. The van der Waals surface area contributed by atoms with E-state index in [0.29, 0.717) is 17.9 Å². The number of benzene rings is 2. The first kappa shape index (κ1) is 28.5. The highest BCUT2D eigenvalue weighted by Crippen LogP contribution is 2.38. The number of anilines is 1. The molecule has 1 saturated carbocycles. The van der Waals surface area contributed by atoms with Gasteiger partial charge in [0, 0.05) is 42.7 Å². The lowest BCUT2D eigenvalue weighted by atomic mass is 9.84. The van der Waals surface area contributed by atoms with Crippen LogP contribution in [0.15, 0.2) is 47.5 Å². The third-order valence-corrected chi connectivity index (χ3v) is 8.67. The van der Waals surface area contributed by atoms with E-state index in [0.717, 1.165) is 69.8 Å². The molecule has 0 radical (unpaired) electrons. The van der Waals surface area contributed by atoms with Gasteiger partial charge in [-0.05, 0) is 105 Å². The number of halogens is 1. The Morgan fingerprint density at radius 1 is 1.00 bits per heavy atom. The first-order valence-corrected chi connectivity index (χ1v) is 15.2. The average Bonchev–Trinajstić information content (AvgIpc) is 3.30. The molecule has 1 aliphatic carbocycles. The molecule has 40 heavy (non-hydrogen) atoms. The van der Waals surface area contributed by atoms with Crippen molar-refractivity contribution in [2.45, 2.75) is 84.2 Å². The molecule has 0 atom stereocenters. The zero-order valence-corrected chi connectivity index (χ0v) is 24.0. The van der Waals surface area contributed by atoms with Gasteiger partial charge < -0.3 is 10.2 Å². The molecule has 2 aromatic rings. The second-order valence-corrected chi connectivity index (χ2v) is 12.2. The maximum atomic E-state index is 13.4. The first-order valence-electron chi connectivity index (χ1n) is 15.2. The molecule has 2 fully saturated rings. The van der Waals surface area contributed by atoms with E-state index in [2.05, 4.69) is 52.2 Å². The minimum atomic E-state index is -0.370. The summed E-state index contributed by atoms with van der Waals surface area (Å²) in [7, 11) is 0. The maximum Gasteiger partial charge on any atom is 0.278 e. The van der Waals surface area contributed by atoms with E-state index in [-0.39, 0.29) is 29.6 Å². The summed E-state index contributed by atoms with van der Waals surface area (Å²) in [6.07, 6.45) is 8.84. The number of likely N-dealkylation sites (tertiary alicyclic amines) is 1. The monoisotopic (exact) mass is 546 g/mol. The quantitative estimate of drug-likeness (QED) is 0.432. The summed E-state index contributed by atoms with van der Waals surface area (Å²) in [5, 5.41) is 3.13. The van der Waals surface area contributed by atoms with Gasteiger partial charge in [0.15, 0.2) is 0 Å². The van der Waals surface area contributed by atoms with Crippen molar-refractivity contribution in [2.75, 3.05) is 24.5 Å². The average molecular weight is 547 g/mol. The van der Waals surface area contributed by atoms with Crippen LogP contribution in [0.4, 0.5) is 10.1 Å². The van der Waals surface area contributed by atoms with Gasteiger partial charge in [0.2, 0.25) is 5.91 Å². The maximum absolute atomic E-state index is 13.4. The molecule has 6 nitrogen and oxygen atoms in total. The topological polar surface area (TPSA) is 65.0 Å². The number of hydrogen-bond acceptors (Lipinski definition) is 3. The van der Waals surface area contributed by atoms with Crippen LogP contribution in [0.2, 0.25) is 0 Å². The van der Waals surface area contributed by atoms with Crippen molar-refractivity contribution < 1.29 is 14.0 Å². The van der Waals surface area contributed by atoms with Crippen LogP contribution in [0, 0.1) is 17.7 Å². The molecular weight excluding hydrogens is 503 g/mol. The summed E-state index contributed by atoms with van der Waals surface area (Å²) in [4.78, 5) is 35.3. The van der Waals surface area contributed by atoms with Gasteiger partial charge >= 0.3 is 0 Å². The first-order chi connectivity index (χ1) is 19.4. The summed E-state index contributed by atoms with van der Waals surface area (Å²) >= 11 is 0. The standard InChI is InChI=1S/C33H43FN4O2/c1-23(2)16-17-35-32(39)25-10-14-29(15-11-25)38-30-20-24(22-37-18-4-3-5-19-37)6-7-27(30)21-31(38)36-33(40)26-8-12-28(34)13-9-26/h6-9,12-13,20,23,25,29H,3-5,10-11,14-19,21-22H2,1-2H3,(H,35,39). The number of carbonyl (C=O) groups is 2. The zero-order valence-electron chi connectivity index (χ0n) is 24.0. The highest BCUT2D eigenvalue weighted by Gasteiger charge is 2.36. The van der Waals surface area contributed by atoms with Crippen molar-refractivity contribution in [1.29, 1.82) is 0 Å². The van der Waals surface area contributed by atoms with Gasteiger partial charge in [-0.25, -0.2) is 4.39 Å². The zero-order chi connectivity index (χ0) is 28.1. The van der Waals surface area contributed by atoms with Gasteiger partial charge in [0.05, 0.1) is 0 Å². The van der Waals surface area contributed by atoms with Gasteiger partial charge in [-0.1, -0.05) is 32.4 Å². The number of rotatable bonds is 8. The van der Waals surface area contributed by atoms with Crippen molar-refractivity contribution in [3.63, 3.8) is 0 Å². The Labute approximate surface area is 238 Å². The minimum absolute atomic E-state index is 0.0390. The van der Waals surface area contributed by atoms with Crippen molar-refractivity contribution in [3.05, 3.63) is 65.0 Å². The Morgan fingerprint density at radius 3 is 2.42 bits per heavy atom. The minimum Gasteiger partial charge on any atom is -0.356 e. The van der Waals surface area contributed by atoms with Crippen LogP contribution < -0.4 is 10.2 Å². The molecule has 1 N–H and O–H groups in total. The van der Waals surface area contributed by atoms with E-state index in [4.69, 9.17) is 0 Å². The van der Waals surface area contributed by atoms with E-state index in [1.807, 2.05) is 0 Å². The molecule has 0 unspecified atom stereocenters. The summed E-state index contributed by atoms with van der Waals surface area (Å²) < 4.78 is 13.4. The molecule has 0 spiro atoms. The van der Waals surface area contributed by atoms with Crippen LogP contribution in [-0.2, 0) is 17.8 Å². The third kappa shape index (κ3) is 6.98. The Kier molecular flexibility index (Phi) is 9.30. The molecule has 2 aromatic carbocycles. The smallest absolute Gasteiger partial charge is 0.278 e. The number of hydrogen-bond donors (Lipinski definition) is 1. The van der Waals surface area contributed by atoms with Crippen LogP contribution >= 0.6 is 0 Å². The molecule has 2 amide bonds. The Balaban J connectivity index is 1.35. The molecule has 214 valence electrons. The van der Waals surface area contributed by atoms with E-state index in [1.54, 1.807) is 0 Å². The van der Waals surface area contributed by atoms with Crippen molar-refractivity contribution in [3.8, 4) is 0 Å². The molecule has 2 aliphatic heterocycles. The van der Waals surface area contributed by atoms with Crippen LogP contribution in [0.25, 0.3) is 0 Å². The highest BCUT2D eigenvalue weighted by molar-refractivity contribution is 6.12. The van der Waals surface area contributed by atoms with Crippen molar-refractivity contribution in [1.82, 2.24) is 10.2 Å². The lowest BCUT2D eigenvalue weighted by molar-refractivity contribution is -0.126. The summed E-state index contributed by atoms with van der Waals surface area (Å²) in [6.45, 7) is 8.29. The number of amidine groups is 1. The van der Waals surface area contributed by atoms with Crippen molar-refractivity contribution in [2.24, 2.45) is 16.8 Å². The van der Waals surface area contributed by atoms with Gasteiger partial charge in [-0.2, -0.15) is 4.99 Å². The largest absolute Gasteiger partial charge is 0.356 e. The summed E-state index contributed by atoms with van der Waals surface area (Å²) in [5.74, 6) is 0.817. The molecule has 1 saturated heterocycles. The SMILES string of the molecule is CC(C)CCNC(=O)C1CCC(N2C(=NC(=O)c3ccc(F)cc3)Cc3ccc(CN4CCCCC4)cc32)CC1. The van der Waals surface area contributed by atoms with E-state index in [1.165, 1.54) is 54.7 Å². The van der Waals surface area contributed by atoms with E-state index in [9.17, 15) is 14.0 Å². The van der Waals surface area contributed by atoms with Crippen LogP contribution in [0.5, 0.6) is 0 Å². The lowest BCUT2D eigenvalue weighted by Crippen LogP contribution is -2.43. The van der Waals surface area contributed by atoms with Crippen LogP contribution in [0.1, 0.15) is 86.7 Å². The summed E-state index contributed by atoms with van der Waals surface area (Å²) in [6, 6.07) is 12.5. The second kappa shape index (κ2) is 13.1. The molecular formula is C33H43FN4O2. The number of carbonyl (C=O) groups excluding carboxylic acids is 2. The number of nitrogens with zero attached hydrogens (tertiary/aromatic N) is 3. The molecule has 2 heterocycles. The van der Waals surface area contributed by atoms with Gasteiger partial charge in [-0.3, -0.25) is 14.5 Å². The number of fused-ring (bicyclic) bond motifs is 1. The Bertz CT molecular complexity index is 1210. The lowest BCUT2D eigenvalue weighted by Gasteiger charge is -2.36. The second-order valence-electron chi connectivity index (χ2n) is 12.2. The molecule has 7 heteroatoms. The fraction of sp³-hybridized carbons (Fsp3) is 0.545. The predicted molar refractivity (Wildman–Crippen MR) is 158 cm³/mol. The van der Waals surface area contributed by atoms with E-state index >= 15 is 0 Å². The van der Waals surface area contributed by atoms with Crippen LogP contribution in [-0.4, -0.2) is 48.2 Å². The normalized spacial score (nSPS) is 22.5. The predicted octanol–water partition coefficient (Wildman–Crippen LogP) is 6.13. The van der Waals surface area contributed by atoms with Gasteiger partial charge in [-0.15, -0.1) is 0 Å². The molecule has 3 aliphatic rings. The molecule has 5 rings (SSSR count). The third-order valence-electron chi connectivity index (χ3n) is 8.67. The van der Waals surface area contributed by atoms with Crippen molar-refractivity contribution >= 4 is 23.3 Å². The number of nitrogens with one attached hydrogen (secondary N) is 1. The molecule has 0 aromatic heterocycles. The van der Waals surface area contributed by atoms with Gasteiger partial charge in [0.25, 0.3) is 5.91 Å². The number of aliphatic imine (C=N–C) groups is 1. The Hall–Kier alpha value is -3.06. The Morgan fingerprint density at radius 2 is 1.73 bits per heavy atom. The van der Waals surface area contributed by atoms with E-state index < -0.39 is 0 Å². The fourth-order valence-electron chi connectivity index (χ4n) is 6.35. The highest BCUT2D eigenvalue weighted by atomic mass is 19.1. The van der Waals surface area contributed by atoms with Crippen LogP contribution in [0.3, 0.4) is 0 Å². The van der Waals surface area contributed by atoms with Gasteiger partial charge in [0.1, 0.15) is 11.7 Å². The number of amides is 2.